The maximum Gasteiger partial charge on any atom is 0.419 e. The lowest BCUT2D eigenvalue weighted by atomic mass is 9.86. The van der Waals surface area contributed by atoms with Gasteiger partial charge in [0.05, 0.1) is 23.3 Å². The Morgan fingerprint density at radius 2 is 1.84 bits per heavy atom. The highest BCUT2D eigenvalue weighted by molar-refractivity contribution is 6.35. The molecule has 0 bridgehead atoms. The van der Waals surface area contributed by atoms with Crippen LogP contribution in [0.2, 0.25) is 5.02 Å². The van der Waals surface area contributed by atoms with Crippen LogP contribution in [0.5, 0.6) is 0 Å². The number of fused-ring (bicyclic) bond motifs is 2. The molecule has 0 saturated carbocycles. The number of ketones is 1. The summed E-state index contributed by atoms with van der Waals surface area (Å²) in [5, 5.41) is 30.7. The summed E-state index contributed by atoms with van der Waals surface area (Å²) < 4.78 is 63.7. The van der Waals surface area contributed by atoms with Crippen molar-refractivity contribution in [2.24, 2.45) is 0 Å². The van der Waals surface area contributed by atoms with Gasteiger partial charge in [-0.3, -0.25) is 4.79 Å². The van der Waals surface area contributed by atoms with Crippen LogP contribution >= 0.6 is 11.6 Å². The molecule has 32 heavy (non-hydrogen) atoms. The van der Waals surface area contributed by atoms with Crippen molar-refractivity contribution in [1.82, 2.24) is 0 Å². The first-order valence-corrected chi connectivity index (χ1v) is 9.85. The lowest BCUT2D eigenvalue weighted by Crippen LogP contribution is -2.62. The van der Waals surface area contributed by atoms with Crippen LogP contribution in [0.4, 0.5) is 17.6 Å². The minimum Gasteiger partial charge on any atom is -0.388 e. The normalized spacial score (nSPS) is 29.9. The number of aliphatic hydroxyl groups is 3. The second kappa shape index (κ2) is 7.75. The van der Waals surface area contributed by atoms with Gasteiger partial charge in [0.2, 0.25) is 5.79 Å². The number of ether oxygens (including phenoxy) is 2. The highest BCUT2D eigenvalue weighted by Crippen LogP contribution is 2.47. The molecule has 1 spiro atoms. The van der Waals surface area contributed by atoms with Crippen molar-refractivity contribution in [3.8, 4) is 0 Å². The molecule has 0 unspecified atom stereocenters. The van der Waals surface area contributed by atoms with Crippen molar-refractivity contribution in [2.75, 3.05) is 0 Å². The van der Waals surface area contributed by atoms with Gasteiger partial charge in [-0.25, -0.2) is 4.39 Å². The van der Waals surface area contributed by atoms with Crippen molar-refractivity contribution in [3.05, 3.63) is 69.0 Å². The van der Waals surface area contributed by atoms with E-state index in [9.17, 15) is 37.7 Å². The van der Waals surface area contributed by atoms with E-state index >= 15 is 0 Å². The van der Waals surface area contributed by atoms with E-state index < -0.39 is 53.5 Å². The minimum atomic E-state index is -4.92. The Kier molecular flexibility index (Phi) is 5.60. The second-order valence-corrected chi connectivity index (χ2v) is 8.12. The molecular formula is C21H17ClF4O6. The highest BCUT2D eigenvalue weighted by atomic mass is 35.5. The minimum absolute atomic E-state index is 0.0753. The maximum absolute atomic E-state index is 14.0. The number of halogens is 5. The molecule has 0 aliphatic carbocycles. The van der Waals surface area contributed by atoms with Crippen LogP contribution in [0.1, 0.15) is 39.5 Å². The van der Waals surface area contributed by atoms with E-state index in [0.717, 1.165) is 6.07 Å². The Bertz CT molecular complexity index is 1090. The van der Waals surface area contributed by atoms with E-state index in [2.05, 4.69) is 0 Å². The fraction of sp³-hybridized carbons (Fsp3) is 0.381. The molecule has 1 saturated heterocycles. The van der Waals surface area contributed by atoms with Crippen LogP contribution in [0.25, 0.3) is 0 Å². The molecule has 6 nitrogen and oxygen atoms in total. The van der Waals surface area contributed by atoms with Gasteiger partial charge in [0, 0.05) is 16.7 Å². The van der Waals surface area contributed by atoms with E-state index in [1.165, 1.54) is 19.1 Å². The van der Waals surface area contributed by atoms with Crippen LogP contribution in [0, 0.1) is 5.82 Å². The zero-order chi connectivity index (χ0) is 23.6. The molecule has 2 aliphatic rings. The number of alkyl halides is 3. The predicted octanol–water partition coefficient (Wildman–Crippen LogP) is 2.91. The number of benzene rings is 2. The number of carbonyl (C=O) groups is 1. The summed E-state index contributed by atoms with van der Waals surface area (Å²) >= 11 is 6.20. The number of rotatable bonds is 2. The van der Waals surface area contributed by atoms with Crippen LogP contribution in [-0.2, 0) is 28.0 Å². The quantitative estimate of drug-likeness (QED) is 0.456. The van der Waals surface area contributed by atoms with Crippen molar-refractivity contribution in [3.63, 3.8) is 0 Å². The Labute approximate surface area is 183 Å². The SMILES string of the molecule is C[C@H]1O[C@]2(OCc3cc(Cl)c(C(=O)c4ccc(C(F)(F)F)c(F)c4)cc32)[C@H](O)[C@@H](O)[C@@H]1O. The molecule has 2 heterocycles. The Morgan fingerprint density at radius 3 is 2.47 bits per heavy atom. The van der Waals surface area contributed by atoms with Gasteiger partial charge in [-0.15, -0.1) is 0 Å². The molecule has 172 valence electrons. The van der Waals surface area contributed by atoms with E-state index in [1.54, 1.807) is 0 Å². The first kappa shape index (κ1) is 23.1. The van der Waals surface area contributed by atoms with E-state index in [0.29, 0.717) is 17.7 Å². The molecule has 0 radical (unpaired) electrons. The molecule has 4 rings (SSSR count). The third-order valence-corrected chi connectivity index (χ3v) is 6.01. The fourth-order valence-corrected chi connectivity index (χ4v) is 4.26. The van der Waals surface area contributed by atoms with Gasteiger partial charge < -0.3 is 24.8 Å². The predicted molar refractivity (Wildman–Crippen MR) is 101 cm³/mol. The molecule has 1 fully saturated rings. The van der Waals surface area contributed by atoms with E-state index in [-0.39, 0.29) is 28.3 Å². The van der Waals surface area contributed by atoms with E-state index in [1.807, 2.05) is 0 Å². The van der Waals surface area contributed by atoms with Gasteiger partial charge in [-0.2, -0.15) is 13.2 Å². The zero-order valence-electron chi connectivity index (χ0n) is 16.4. The van der Waals surface area contributed by atoms with Crippen LogP contribution in [0.15, 0.2) is 30.3 Å². The fourth-order valence-electron chi connectivity index (χ4n) is 3.98. The first-order valence-electron chi connectivity index (χ1n) is 9.47. The molecule has 2 aliphatic heterocycles. The summed E-state index contributed by atoms with van der Waals surface area (Å²) in [5.74, 6) is -4.39. The Morgan fingerprint density at radius 1 is 1.16 bits per heavy atom. The summed E-state index contributed by atoms with van der Waals surface area (Å²) in [4.78, 5) is 12.9. The average molecular weight is 477 g/mol. The molecular weight excluding hydrogens is 460 g/mol. The summed E-state index contributed by atoms with van der Waals surface area (Å²) in [6.45, 7) is 1.36. The highest BCUT2D eigenvalue weighted by Gasteiger charge is 2.57. The van der Waals surface area contributed by atoms with Gasteiger partial charge in [0.25, 0.3) is 0 Å². The van der Waals surface area contributed by atoms with Gasteiger partial charge >= 0.3 is 6.18 Å². The Balaban J connectivity index is 1.77. The molecule has 3 N–H and O–H groups in total. The molecule has 2 aromatic carbocycles. The maximum atomic E-state index is 14.0. The lowest BCUT2D eigenvalue weighted by Gasteiger charge is -2.45. The molecule has 11 heteroatoms. The molecule has 0 amide bonds. The third-order valence-electron chi connectivity index (χ3n) is 5.70. The second-order valence-electron chi connectivity index (χ2n) is 7.72. The largest absolute Gasteiger partial charge is 0.419 e. The van der Waals surface area contributed by atoms with Crippen molar-refractivity contribution < 1.29 is 47.1 Å². The Hall–Kier alpha value is -2.08. The van der Waals surface area contributed by atoms with Crippen LogP contribution in [0.3, 0.4) is 0 Å². The summed E-state index contributed by atoms with van der Waals surface area (Å²) in [7, 11) is 0. The smallest absolute Gasteiger partial charge is 0.388 e. The number of hydrogen-bond acceptors (Lipinski definition) is 6. The van der Waals surface area contributed by atoms with Crippen LogP contribution < -0.4 is 0 Å². The molecule has 2 aromatic rings. The van der Waals surface area contributed by atoms with Crippen molar-refractivity contribution >= 4 is 17.4 Å². The number of aliphatic hydroxyl groups excluding tert-OH is 3. The standard InChI is InChI=1S/C21H17ClF4O6/c1-8-16(27)18(29)19(30)20(32-8)13-6-11(14(22)4-10(13)7-31-20)17(28)9-2-3-12(15(23)5-9)21(24,25)26/h2-6,8,16,18-19,27,29-30H,7H2,1H3/t8-,16-,18+,19-,20+/m1/s1. The molecule has 0 aromatic heterocycles. The topological polar surface area (TPSA) is 96.2 Å². The van der Waals surface area contributed by atoms with Crippen LogP contribution in [-0.4, -0.2) is 45.5 Å². The molecule has 5 atom stereocenters. The zero-order valence-corrected chi connectivity index (χ0v) is 17.1. The first-order chi connectivity index (χ1) is 14.9. The van der Waals surface area contributed by atoms with E-state index in [4.69, 9.17) is 21.1 Å². The van der Waals surface area contributed by atoms with Gasteiger partial charge in [0.1, 0.15) is 24.1 Å². The average Bonchev–Trinajstić information content (AvgIpc) is 3.06. The number of hydrogen-bond donors (Lipinski definition) is 3. The van der Waals surface area contributed by atoms with Gasteiger partial charge in [-0.1, -0.05) is 17.7 Å². The third kappa shape index (κ3) is 3.51. The van der Waals surface area contributed by atoms with Crippen molar-refractivity contribution in [1.29, 1.82) is 0 Å². The summed E-state index contributed by atoms with van der Waals surface area (Å²) in [5.41, 5.74) is -1.50. The van der Waals surface area contributed by atoms with Gasteiger partial charge in [-0.05, 0) is 36.8 Å². The number of carbonyl (C=O) groups excluding carboxylic acids is 1. The lowest BCUT2D eigenvalue weighted by molar-refractivity contribution is -0.362. The monoisotopic (exact) mass is 476 g/mol. The summed E-state index contributed by atoms with van der Waals surface area (Å²) in [6, 6.07) is 4.34. The van der Waals surface area contributed by atoms with Gasteiger partial charge in [0.15, 0.2) is 5.78 Å². The summed E-state index contributed by atoms with van der Waals surface area (Å²) in [6.07, 6.45) is -10.6. The van der Waals surface area contributed by atoms with Crippen molar-refractivity contribution in [2.45, 2.75) is 49.9 Å².